The van der Waals surface area contributed by atoms with Crippen molar-refractivity contribution in [3.8, 4) is 5.75 Å². The van der Waals surface area contributed by atoms with E-state index in [4.69, 9.17) is 16.3 Å². The van der Waals surface area contributed by atoms with E-state index in [1.165, 1.54) is 0 Å². The summed E-state index contributed by atoms with van der Waals surface area (Å²) in [5.41, 5.74) is 2.78. The molecule has 4 nitrogen and oxygen atoms in total. The highest BCUT2D eigenvalue weighted by Crippen LogP contribution is 2.25. The number of quaternary nitrogens is 1. The highest BCUT2D eigenvalue weighted by atomic mass is 35.5. The second-order valence-corrected chi connectivity index (χ2v) is 5.91. The standard InChI is InChI=1S/C18H21ClN2O2/c1-12-8-9-17(23-3)16(10-12)21-18(22)11-20-13(2)14-6-4-5-7-15(14)19/h4-10,13,20H,11H2,1-3H3,(H,21,22)/p+1/t13-/m0/s1. The summed E-state index contributed by atoms with van der Waals surface area (Å²) in [6, 6.07) is 13.5. The molecule has 5 heteroatoms. The first kappa shape index (κ1) is 17.3. The number of ether oxygens (including phenoxy) is 1. The number of aryl methyl sites for hydroxylation is 1. The zero-order valence-electron chi connectivity index (χ0n) is 13.6. The average molecular weight is 334 g/mol. The van der Waals surface area contributed by atoms with E-state index in [0.717, 1.165) is 16.1 Å². The van der Waals surface area contributed by atoms with Gasteiger partial charge in [0, 0.05) is 10.6 Å². The van der Waals surface area contributed by atoms with Gasteiger partial charge < -0.3 is 15.4 Å². The molecule has 0 radical (unpaired) electrons. The van der Waals surface area contributed by atoms with Gasteiger partial charge in [0.25, 0.3) is 5.91 Å². The molecule has 0 aliphatic rings. The van der Waals surface area contributed by atoms with Crippen molar-refractivity contribution in [3.63, 3.8) is 0 Å². The van der Waals surface area contributed by atoms with Crippen LogP contribution in [0.25, 0.3) is 0 Å². The molecule has 0 aromatic heterocycles. The number of carbonyl (C=O) groups is 1. The van der Waals surface area contributed by atoms with Crippen molar-refractivity contribution < 1.29 is 14.8 Å². The first-order chi connectivity index (χ1) is 11.0. The Morgan fingerprint density at radius 3 is 2.74 bits per heavy atom. The quantitative estimate of drug-likeness (QED) is 0.854. The number of hydrogen-bond donors (Lipinski definition) is 2. The van der Waals surface area contributed by atoms with Crippen LogP contribution in [0.1, 0.15) is 24.1 Å². The van der Waals surface area contributed by atoms with Crippen molar-refractivity contribution in [1.82, 2.24) is 0 Å². The third-order valence-electron chi connectivity index (χ3n) is 3.68. The lowest BCUT2D eigenvalue weighted by molar-refractivity contribution is -0.682. The summed E-state index contributed by atoms with van der Waals surface area (Å²) in [7, 11) is 1.59. The van der Waals surface area contributed by atoms with Gasteiger partial charge in [-0.05, 0) is 37.6 Å². The molecule has 3 N–H and O–H groups in total. The number of carbonyl (C=O) groups excluding carboxylic acids is 1. The van der Waals surface area contributed by atoms with Gasteiger partial charge in [-0.1, -0.05) is 35.9 Å². The fourth-order valence-electron chi connectivity index (χ4n) is 2.38. The maximum atomic E-state index is 12.2. The van der Waals surface area contributed by atoms with E-state index in [1.807, 2.05) is 61.6 Å². The first-order valence-electron chi connectivity index (χ1n) is 7.53. The van der Waals surface area contributed by atoms with Crippen molar-refractivity contribution in [2.75, 3.05) is 19.0 Å². The topological polar surface area (TPSA) is 54.9 Å². The van der Waals surface area contributed by atoms with Crippen LogP contribution in [0.2, 0.25) is 5.02 Å². The van der Waals surface area contributed by atoms with E-state index in [2.05, 4.69) is 5.32 Å². The van der Waals surface area contributed by atoms with Crippen molar-refractivity contribution >= 4 is 23.2 Å². The number of amides is 1. The summed E-state index contributed by atoms with van der Waals surface area (Å²) in [5, 5.41) is 5.57. The summed E-state index contributed by atoms with van der Waals surface area (Å²) < 4.78 is 5.27. The van der Waals surface area contributed by atoms with Crippen molar-refractivity contribution in [1.29, 1.82) is 0 Å². The predicted octanol–water partition coefficient (Wildman–Crippen LogP) is 2.92. The molecule has 0 unspecified atom stereocenters. The molecule has 2 aromatic rings. The number of nitrogens with one attached hydrogen (secondary N) is 1. The minimum absolute atomic E-state index is 0.0761. The van der Waals surface area contributed by atoms with Crippen LogP contribution < -0.4 is 15.4 Å². The van der Waals surface area contributed by atoms with E-state index in [0.29, 0.717) is 18.0 Å². The lowest BCUT2D eigenvalue weighted by Gasteiger charge is -2.14. The molecule has 0 fully saturated rings. The summed E-state index contributed by atoms with van der Waals surface area (Å²) >= 11 is 6.18. The van der Waals surface area contributed by atoms with Crippen LogP contribution in [0.15, 0.2) is 42.5 Å². The molecule has 23 heavy (non-hydrogen) atoms. The molecule has 0 saturated heterocycles. The number of rotatable bonds is 6. The van der Waals surface area contributed by atoms with Gasteiger partial charge in [0.1, 0.15) is 11.8 Å². The Balaban J connectivity index is 1.95. The maximum absolute atomic E-state index is 12.2. The lowest BCUT2D eigenvalue weighted by Crippen LogP contribution is -2.86. The van der Waals surface area contributed by atoms with Crippen LogP contribution in [-0.4, -0.2) is 19.6 Å². The Hall–Kier alpha value is -2.04. The summed E-state index contributed by atoms with van der Waals surface area (Å²) in [4.78, 5) is 12.2. The minimum Gasteiger partial charge on any atom is -0.495 e. The number of anilines is 1. The van der Waals surface area contributed by atoms with Gasteiger partial charge in [0.05, 0.1) is 12.8 Å². The second kappa shape index (κ2) is 7.99. The lowest BCUT2D eigenvalue weighted by atomic mass is 10.1. The largest absolute Gasteiger partial charge is 0.495 e. The molecule has 0 bridgehead atoms. The normalized spacial score (nSPS) is 11.8. The van der Waals surface area contributed by atoms with Gasteiger partial charge in [-0.25, -0.2) is 0 Å². The highest BCUT2D eigenvalue weighted by molar-refractivity contribution is 6.31. The number of hydrogen-bond acceptors (Lipinski definition) is 2. The Bertz CT molecular complexity index is 688. The van der Waals surface area contributed by atoms with Crippen molar-refractivity contribution in [2.24, 2.45) is 0 Å². The maximum Gasteiger partial charge on any atom is 0.279 e. The van der Waals surface area contributed by atoms with Crippen LogP contribution in [0.5, 0.6) is 5.75 Å². The first-order valence-corrected chi connectivity index (χ1v) is 7.91. The van der Waals surface area contributed by atoms with Crippen molar-refractivity contribution in [2.45, 2.75) is 19.9 Å². The predicted molar refractivity (Wildman–Crippen MR) is 93.0 cm³/mol. The zero-order chi connectivity index (χ0) is 16.8. The van der Waals surface area contributed by atoms with E-state index in [1.54, 1.807) is 7.11 Å². The molecule has 0 aliphatic carbocycles. The van der Waals surface area contributed by atoms with Gasteiger partial charge >= 0.3 is 0 Å². The monoisotopic (exact) mass is 333 g/mol. The summed E-state index contributed by atoms with van der Waals surface area (Å²) in [5.74, 6) is 0.580. The average Bonchev–Trinajstić information content (AvgIpc) is 2.53. The minimum atomic E-state index is -0.0761. The second-order valence-electron chi connectivity index (χ2n) is 5.50. The molecule has 0 saturated carbocycles. The van der Waals surface area contributed by atoms with Gasteiger partial charge in [-0.3, -0.25) is 4.79 Å². The molecule has 1 atom stereocenters. The Morgan fingerprint density at radius 2 is 2.04 bits per heavy atom. The van der Waals surface area contributed by atoms with E-state index < -0.39 is 0 Å². The van der Waals surface area contributed by atoms with Gasteiger partial charge in [0.2, 0.25) is 0 Å². The van der Waals surface area contributed by atoms with E-state index in [9.17, 15) is 4.79 Å². The number of halogens is 1. The third kappa shape index (κ3) is 4.71. The third-order valence-corrected chi connectivity index (χ3v) is 4.03. The van der Waals surface area contributed by atoms with Gasteiger partial charge in [-0.15, -0.1) is 0 Å². The van der Waals surface area contributed by atoms with Crippen LogP contribution in [0.4, 0.5) is 5.69 Å². The Labute approximate surface area is 141 Å². The number of nitrogens with two attached hydrogens (primary N) is 1. The number of benzene rings is 2. The Kier molecular flexibility index (Phi) is 6.02. The van der Waals surface area contributed by atoms with Crippen LogP contribution in [-0.2, 0) is 4.79 Å². The smallest absolute Gasteiger partial charge is 0.279 e. The summed E-state index contributed by atoms with van der Waals surface area (Å²) in [6.45, 7) is 4.31. The SMILES string of the molecule is COc1ccc(C)cc1NC(=O)C[NH2+][C@@H](C)c1ccccc1Cl. The van der Waals surface area contributed by atoms with Crippen LogP contribution in [0, 0.1) is 6.92 Å². The molecule has 0 aliphatic heterocycles. The molecule has 2 aromatic carbocycles. The molecule has 122 valence electrons. The zero-order valence-corrected chi connectivity index (χ0v) is 14.4. The Morgan fingerprint density at radius 1 is 1.30 bits per heavy atom. The van der Waals surface area contributed by atoms with Gasteiger partial charge in [-0.2, -0.15) is 0 Å². The van der Waals surface area contributed by atoms with Gasteiger partial charge in [0.15, 0.2) is 6.54 Å². The molecule has 1 amide bonds. The molecular formula is C18H22ClN2O2+. The molecule has 0 heterocycles. The molecule has 0 spiro atoms. The summed E-state index contributed by atoms with van der Waals surface area (Å²) in [6.07, 6.45) is 0. The van der Waals surface area contributed by atoms with E-state index in [-0.39, 0.29) is 11.9 Å². The fraction of sp³-hybridized carbons (Fsp3) is 0.278. The number of methoxy groups -OCH3 is 1. The van der Waals surface area contributed by atoms with Crippen molar-refractivity contribution in [3.05, 3.63) is 58.6 Å². The fourth-order valence-corrected chi connectivity index (χ4v) is 2.68. The highest BCUT2D eigenvalue weighted by Gasteiger charge is 2.15. The van der Waals surface area contributed by atoms with Crippen LogP contribution in [0.3, 0.4) is 0 Å². The molecule has 2 rings (SSSR count). The van der Waals surface area contributed by atoms with Crippen LogP contribution >= 0.6 is 11.6 Å². The van der Waals surface area contributed by atoms with E-state index >= 15 is 0 Å². The molecular weight excluding hydrogens is 312 g/mol.